The van der Waals surface area contributed by atoms with Crippen molar-refractivity contribution < 1.29 is 17.9 Å². The molecule has 1 aromatic carbocycles. The van der Waals surface area contributed by atoms with Crippen molar-refractivity contribution in [2.24, 2.45) is 0 Å². The largest absolute Gasteiger partial charge is 0.573 e. The number of hydrogen-bond donors (Lipinski definition) is 1. The minimum Gasteiger partial charge on any atom is -0.406 e. The topological polar surface area (TPSA) is 47.0 Å². The maximum atomic E-state index is 12.2. The van der Waals surface area contributed by atoms with Crippen LogP contribution in [0, 0.1) is 11.5 Å². The van der Waals surface area contributed by atoms with Crippen molar-refractivity contribution in [3.8, 4) is 17.2 Å². The highest BCUT2D eigenvalue weighted by atomic mass is 28.3. The fourth-order valence-electron chi connectivity index (χ4n) is 1.78. The molecule has 0 atom stereocenters. The van der Waals surface area contributed by atoms with Gasteiger partial charge in [-0.3, -0.25) is 0 Å². The smallest absolute Gasteiger partial charge is 0.406 e. The van der Waals surface area contributed by atoms with Gasteiger partial charge in [-0.2, -0.15) is 0 Å². The molecule has 1 heterocycles. The van der Waals surface area contributed by atoms with Gasteiger partial charge in [0.25, 0.3) is 0 Å². The Hall–Kier alpha value is -2.53. The van der Waals surface area contributed by atoms with E-state index < -0.39 is 14.4 Å². The quantitative estimate of drug-likeness (QED) is 0.651. The molecule has 4 nitrogen and oxygen atoms in total. The van der Waals surface area contributed by atoms with Crippen molar-refractivity contribution in [2.45, 2.75) is 32.5 Å². The fraction of sp³-hybridized carbons (Fsp3) is 0.294. The van der Waals surface area contributed by atoms with Gasteiger partial charge in [-0.1, -0.05) is 37.7 Å². The zero-order valence-corrected chi connectivity index (χ0v) is 15.1. The maximum Gasteiger partial charge on any atom is 0.573 e. The van der Waals surface area contributed by atoms with Crippen LogP contribution in [0.5, 0.6) is 5.75 Å². The number of nitrogens with one attached hydrogen (secondary N) is 1. The number of aromatic nitrogens is 2. The lowest BCUT2D eigenvalue weighted by Crippen LogP contribution is -2.17. The van der Waals surface area contributed by atoms with E-state index in [0.717, 1.165) is 5.56 Å². The van der Waals surface area contributed by atoms with E-state index in [0.29, 0.717) is 11.5 Å². The highest BCUT2D eigenvalue weighted by Crippen LogP contribution is 2.23. The molecule has 0 unspecified atom stereocenters. The molecule has 1 N–H and O–H groups in total. The van der Waals surface area contributed by atoms with Crippen molar-refractivity contribution in [2.75, 3.05) is 5.32 Å². The first kappa shape index (κ1) is 18.8. The van der Waals surface area contributed by atoms with Gasteiger partial charge < -0.3 is 10.1 Å². The van der Waals surface area contributed by atoms with Gasteiger partial charge in [0, 0.05) is 18.9 Å². The molecule has 132 valence electrons. The number of benzene rings is 1. The van der Waals surface area contributed by atoms with Crippen LogP contribution in [0.3, 0.4) is 0 Å². The normalized spacial score (nSPS) is 11.4. The molecule has 8 heteroatoms. The summed E-state index contributed by atoms with van der Waals surface area (Å²) in [7, 11) is -1.46. The average molecular weight is 365 g/mol. The standard InChI is InChI=1S/C17H18F3N3OSi/c1-25(2,3)8-7-14-11-22-16(23-12-14)21-10-13-5-4-6-15(9-13)24-17(18,19)20/h4-6,9,11-12H,10H2,1-3H3,(H,21,22,23). The van der Waals surface area contributed by atoms with Crippen molar-refractivity contribution >= 4 is 14.0 Å². The van der Waals surface area contributed by atoms with Crippen LogP contribution in [0.4, 0.5) is 19.1 Å². The summed E-state index contributed by atoms with van der Waals surface area (Å²) in [6.07, 6.45) is -1.47. The summed E-state index contributed by atoms with van der Waals surface area (Å²) in [6, 6.07) is 5.74. The highest BCUT2D eigenvalue weighted by Gasteiger charge is 2.31. The molecule has 0 aliphatic carbocycles. The molecule has 0 amide bonds. The first-order chi connectivity index (χ1) is 11.6. The van der Waals surface area contributed by atoms with Crippen LogP contribution in [-0.2, 0) is 6.54 Å². The molecule has 0 spiro atoms. The number of hydrogen-bond acceptors (Lipinski definition) is 4. The molecule has 2 rings (SSSR count). The van der Waals surface area contributed by atoms with E-state index in [4.69, 9.17) is 0 Å². The zero-order chi connectivity index (χ0) is 18.5. The summed E-state index contributed by atoms with van der Waals surface area (Å²) in [6.45, 7) is 6.71. The Balaban J connectivity index is 1.97. The summed E-state index contributed by atoms with van der Waals surface area (Å²) < 4.78 is 40.6. The number of nitrogens with zero attached hydrogens (tertiary/aromatic N) is 2. The van der Waals surface area contributed by atoms with Crippen molar-refractivity contribution in [1.29, 1.82) is 0 Å². The van der Waals surface area contributed by atoms with Gasteiger partial charge in [-0.15, -0.1) is 18.7 Å². The lowest BCUT2D eigenvalue weighted by Gasteiger charge is -2.10. The predicted molar refractivity (Wildman–Crippen MR) is 92.7 cm³/mol. The van der Waals surface area contributed by atoms with E-state index in [-0.39, 0.29) is 12.3 Å². The molecular weight excluding hydrogens is 347 g/mol. The minimum atomic E-state index is -4.71. The molecule has 25 heavy (non-hydrogen) atoms. The fourth-order valence-corrected chi connectivity index (χ4v) is 2.30. The van der Waals surface area contributed by atoms with Crippen LogP contribution in [0.1, 0.15) is 11.1 Å². The minimum absolute atomic E-state index is 0.260. The molecule has 2 aromatic rings. The van der Waals surface area contributed by atoms with Crippen LogP contribution >= 0.6 is 0 Å². The summed E-state index contributed by atoms with van der Waals surface area (Å²) >= 11 is 0. The molecule has 1 aromatic heterocycles. The Bertz CT molecular complexity index is 775. The zero-order valence-electron chi connectivity index (χ0n) is 14.1. The number of rotatable bonds is 4. The lowest BCUT2D eigenvalue weighted by molar-refractivity contribution is -0.274. The highest BCUT2D eigenvalue weighted by molar-refractivity contribution is 6.83. The van der Waals surface area contributed by atoms with Crippen LogP contribution in [0.2, 0.25) is 19.6 Å². The van der Waals surface area contributed by atoms with Gasteiger partial charge in [0.15, 0.2) is 0 Å². The van der Waals surface area contributed by atoms with Gasteiger partial charge in [-0.05, 0) is 17.7 Å². The summed E-state index contributed by atoms with van der Waals surface area (Å²) in [5.74, 6) is 3.17. The molecule has 0 aliphatic rings. The number of anilines is 1. The number of halogens is 3. The number of alkyl halides is 3. The van der Waals surface area contributed by atoms with Crippen LogP contribution < -0.4 is 10.1 Å². The Morgan fingerprint density at radius 3 is 2.44 bits per heavy atom. The third-order valence-electron chi connectivity index (χ3n) is 2.82. The summed E-state index contributed by atoms with van der Waals surface area (Å²) in [5, 5.41) is 2.95. The Morgan fingerprint density at radius 2 is 1.84 bits per heavy atom. The Morgan fingerprint density at radius 1 is 1.16 bits per heavy atom. The predicted octanol–water partition coefficient (Wildman–Crippen LogP) is 4.22. The molecule has 0 radical (unpaired) electrons. The second-order valence-electron chi connectivity index (χ2n) is 6.34. The Kier molecular flexibility index (Phi) is 5.69. The van der Waals surface area contributed by atoms with E-state index in [1.54, 1.807) is 18.5 Å². The van der Waals surface area contributed by atoms with Gasteiger partial charge in [0.05, 0.1) is 5.56 Å². The van der Waals surface area contributed by atoms with Crippen LogP contribution in [0.15, 0.2) is 36.7 Å². The van der Waals surface area contributed by atoms with Crippen molar-refractivity contribution in [3.05, 3.63) is 47.8 Å². The number of ether oxygens (including phenoxy) is 1. The molecule has 0 saturated heterocycles. The monoisotopic (exact) mass is 365 g/mol. The van der Waals surface area contributed by atoms with E-state index in [1.165, 1.54) is 18.2 Å². The van der Waals surface area contributed by atoms with E-state index in [9.17, 15) is 13.2 Å². The van der Waals surface area contributed by atoms with Gasteiger partial charge in [-0.25, -0.2) is 9.97 Å². The lowest BCUT2D eigenvalue weighted by atomic mass is 10.2. The third kappa shape index (κ3) is 7.26. The van der Waals surface area contributed by atoms with E-state index in [2.05, 4.69) is 51.1 Å². The van der Waals surface area contributed by atoms with Gasteiger partial charge in [0.1, 0.15) is 13.8 Å². The Labute approximate surface area is 145 Å². The molecule has 0 saturated carbocycles. The molecule has 0 bridgehead atoms. The van der Waals surface area contributed by atoms with Crippen molar-refractivity contribution in [1.82, 2.24) is 9.97 Å². The summed E-state index contributed by atoms with van der Waals surface area (Å²) in [4.78, 5) is 8.31. The second kappa shape index (κ2) is 7.57. The van der Waals surface area contributed by atoms with Crippen LogP contribution in [0.25, 0.3) is 0 Å². The molecule has 0 aliphatic heterocycles. The average Bonchev–Trinajstić information content (AvgIpc) is 2.50. The SMILES string of the molecule is C[Si](C)(C)C#Cc1cnc(NCc2cccc(OC(F)(F)F)c2)nc1. The van der Waals surface area contributed by atoms with E-state index >= 15 is 0 Å². The maximum absolute atomic E-state index is 12.2. The van der Waals surface area contributed by atoms with Gasteiger partial charge >= 0.3 is 6.36 Å². The third-order valence-corrected chi connectivity index (χ3v) is 3.69. The first-order valence-corrected chi connectivity index (χ1v) is 11.0. The van der Waals surface area contributed by atoms with E-state index in [1.807, 2.05) is 0 Å². The molecule has 0 fully saturated rings. The van der Waals surface area contributed by atoms with Gasteiger partial charge in [0.2, 0.25) is 5.95 Å². The van der Waals surface area contributed by atoms with Crippen LogP contribution in [-0.4, -0.2) is 24.4 Å². The van der Waals surface area contributed by atoms with Crippen molar-refractivity contribution in [3.63, 3.8) is 0 Å². The first-order valence-electron chi connectivity index (χ1n) is 7.54. The molecular formula is C17H18F3N3OSi. The summed E-state index contributed by atoms with van der Waals surface area (Å²) in [5.41, 5.74) is 4.57. The second-order valence-corrected chi connectivity index (χ2v) is 11.1.